The van der Waals surface area contributed by atoms with E-state index in [2.05, 4.69) is 15.6 Å². The number of alkyl halides is 6. The van der Waals surface area contributed by atoms with E-state index in [9.17, 15) is 31.1 Å². The molecule has 2 rings (SSSR count). The highest BCUT2D eigenvalue weighted by molar-refractivity contribution is 5.92. The van der Waals surface area contributed by atoms with Crippen LogP contribution in [0, 0.1) is 0 Å². The van der Waals surface area contributed by atoms with Gasteiger partial charge in [-0.3, -0.25) is 14.7 Å². The van der Waals surface area contributed by atoms with Crippen LogP contribution < -0.4 is 10.6 Å². The van der Waals surface area contributed by atoms with Gasteiger partial charge in [0.15, 0.2) is 0 Å². The molecule has 0 radical (unpaired) electrons. The molecule has 1 unspecified atom stereocenters. The van der Waals surface area contributed by atoms with Gasteiger partial charge in [-0.1, -0.05) is 0 Å². The summed E-state index contributed by atoms with van der Waals surface area (Å²) in [6.07, 6.45) is -8.68. The first-order chi connectivity index (χ1) is 11.6. The Hall–Kier alpha value is -1.88. The third kappa shape index (κ3) is 5.30. The Bertz CT molecular complexity index is 580. The molecule has 1 aliphatic rings. The van der Waals surface area contributed by atoms with Gasteiger partial charge in [0.25, 0.3) is 5.91 Å². The number of piperazine rings is 1. The molecule has 0 saturated carbocycles. The second-order valence-electron chi connectivity index (χ2n) is 5.48. The zero-order valence-corrected chi connectivity index (χ0v) is 12.9. The summed E-state index contributed by atoms with van der Waals surface area (Å²) in [5.74, 6) is -0.960. The average Bonchev–Trinajstić information content (AvgIpc) is 2.54. The van der Waals surface area contributed by atoms with Gasteiger partial charge < -0.3 is 10.6 Å². The highest BCUT2D eigenvalue weighted by atomic mass is 19.4. The lowest BCUT2D eigenvalue weighted by molar-refractivity contribution is -0.183. The zero-order chi connectivity index (χ0) is 18.7. The van der Waals surface area contributed by atoms with E-state index in [1.54, 1.807) is 0 Å². The molecule has 1 fully saturated rings. The molecule has 1 aromatic rings. The molecule has 11 heteroatoms. The zero-order valence-electron chi connectivity index (χ0n) is 12.9. The Morgan fingerprint density at radius 3 is 2.32 bits per heavy atom. The smallest absolute Gasteiger partial charge is 0.349 e. The van der Waals surface area contributed by atoms with Crippen molar-refractivity contribution in [3.05, 3.63) is 29.6 Å². The average molecular weight is 370 g/mol. The van der Waals surface area contributed by atoms with Crippen molar-refractivity contribution in [2.75, 3.05) is 32.7 Å². The number of hydrogen-bond acceptors (Lipinski definition) is 4. The van der Waals surface area contributed by atoms with E-state index in [0.717, 1.165) is 6.07 Å². The Balaban J connectivity index is 2.00. The molecule has 5 nitrogen and oxygen atoms in total. The van der Waals surface area contributed by atoms with Gasteiger partial charge in [0.1, 0.15) is 11.7 Å². The summed E-state index contributed by atoms with van der Waals surface area (Å²) in [6, 6.07) is -0.390. The summed E-state index contributed by atoms with van der Waals surface area (Å²) in [6.45, 7) is 0.462. The molecular weight excluding hydrogens is 354 g/mol. The lowest BCUT2D eigenvalue weighted by Gasteiger charge is -2.35. The first-order valence-electron chi connectivity index (χ1n) is 7.42. The summed E-state index contributed by atoms with van der Waals surface area (Å²) < 4.78 is 76.9. The third-order valence-electron chi connectivity index (χ3n) is 3.75. The van der Waals surface area contributed by atoms with Crippen molar-refractivity contribution in [1.82, 2.24) is 20.5 Å². The fourth-order valence-electron chi connectivity index (χ4n) is 2.42. The van der Waals surface area contributed by atoms with Gasteiger partial charge in [-0.15, -0.1) is 0 Å². The monoisotopic (exact) mass is 370 g/mol. The maximum absolute atomic E-state index is 13.2. The van der Waals surface area contributed by atoms with Crippen LogP contribution >= 0.6 is 0 Å². The van der Waals surface area contributed by atoms with Gasteiger partial charge >= 0.3 is 12.4 Å². The largest absolute Gasteiger partial charge is 0.417 e. The SMILES string of the molecule is O=C(NCC(N1CCNCC1)C(F)(F)F)c1ccc(C(F)(F)F)cn1. The number of pyridine rings is 1. The van der Waals surface area contributed by atoms with Crippen LogP contribution in [0.4, 0.5) is 26.3 Å². The van der Waals surface area contributed by atoms with Crippen molar-refractivity contribution in [3.63, 3.8) is 0 Å². The minimum absolute atomic E-state index is 0.179. The number of carbonyl (C=O) groups excluding carboxylic acids is 1. The molecule has 2 N–H and O–H groups in total. The molecule has 140 valence electrons. The maximum atomic E-state index is 13.2. The number of carbonyl (C=O) groups is 1. The first-order valence-corrected chi connectivity index (χ1v) is 7.42. The van der Waals surface area contributed by atoms with E-state index in [1.165, 1.54) is 4.90 Å². The van der Waals surface area contributed by atoms with Crippen LogP contribution in [0.15, 0.2) is 18.3 Å². The maximum Gasteiger partial charge on any atom is 0.417 e. The van der Waals surface area contributed by atoms with Crippen LogP contribution in [-0.2, 0) is 6.18 Å². The molecule has 1 aliphatic heterocycles. The Labute approximate surface area is 139 Å². The van der Waals surface area contributed by atoms with E-state index < -0.39 is 36.4 Å². The number of halogens is 6. The van der Waals surface area contributed by atoms with E-state index in [-0.39, 0.29) is 18.8 Å². The summed E-state index contributed by atoms with van der Waals surface area (Å²) in [5, 5.41) is 5.03. The van der Waals surface area contributed by atoms with E-state index in [0.29, 0.717) is 25.4 Å². The summed E-state index contributed by atoms with van der Waals surface area (Å²) >= 11 is 0. The molecule has 1 aromatic heterocycles. The molecule has 1 saturated heterocycles. The second kappa shape index (κ2) is 7.56. The van der Waals surface area contributed by atoms with Crippen molar-refractivity contribution in [3.8, 4) is 0 Å². The molecule has 0 bridgehead atoms. The van der Waals surface area contributed by atoms with E-state index in [1.807, 2.05) is 0 Å². The molecule has 0 aromatic carbocycles. The summed E-state index contributed by atoms with van der Waals surface area (Å²) in [5.41, 5.74) is -1.42. The van der Waals surface area contributed by atoms with Gasteiger partial charge in [-0.05, 0) is 12.1 Å². The predicted octanol–water partition coefficient (Wildman–Crippen LogP) is 1.67. The number of hydrogen-bond donors (Lipinski definition) is 2. The van der Waals surface area contributed by atoms with Crippen LogP contribution in [-0.4, -0.2) is 60.7 Å². The number of nitrogens with zero attached hydrogens (tertiary/aromatic N) is 2. The van der Waals surface area contributed by atoms with Crippen LogP contribution in [0.3, 0.4) is 0 Å². The standard InChI is InChI=1S/C14H16F6N4O/c15-13(16,17)9-1-2-10(22-7-9)12(25)23-8-11(14(18,19)20)24-5-3-21-4-6-24/h1-2,7,11,21H,3-6,8H2,(H,23,25). The number of aromatic nitrogens is 1. The second-order valence-corrected chi connectivity index (χ2v) is 5.48. The number of amides is 1. The number of nitrogens with one attached hydrogen (secondary N) is 2. The van der Waals surface area contributed by atoms with Gasteiger partial charge in [0, 0.05) is 38.9 Å². The first kappa shape index (κ1) is 19.4. The fourth-order valence-corrected chi connectivity index (χ4v) is 2.42. The lowest BCUT2D eigenvalue weighted by atomic mass is 10.2. The minimum atomic E-state index is -4.61. The normalized spacial score (nSPS) is 18.0. The summed E-state index contributed by atoms with van der Waals surface area (Å²) in [4.78, 5) is 16.4. The molecule has 0 spiro atoms. The number of rotatable bonds is 4. The van der Waals surface area contributed by atoms with Crippen LogP contribution in [0.5, 0.6) is 0 Å². The molecular formula is C14H16F6N4O. The quantitative estimate of drug-likeness (QED) is 0.792. The van der Waals surface area contributed by atoms with Crippen molar-refractivity contribution < 1.29 is 31.1 Å². The Kier molecular flexibility index (Phi) is 5.88. The van der Waals surface area contributed by atoms with Crippen molar-refractivity contribution in [2.24, 2.45) is 0 Å². The van der Waals surface area contributed by atoms with E-state index >= 15 is 0 Å². The van der Waals surface area contributed by atoms with E-state index in [4.69, 9.17) is 0 Å². The lowest BCUT2D eigenvalue weighted by Crippen LogP contribution is -2.57. The van der Waals surface area contributed by atoms with Crippen LogP contribution in [0.25, 0.3) is 0 Å². The Morgan fingerprint density at radius 2 is 1.84 bits per heavy atom. The highest BCUT2D eigenvalue weighted by Gasteiger charge is 2.43. The van der Waals surface area contributed by atoms with Crippen molar-refractivity contribution in [2.45, 2.75) is 18.4 Å². The highest BCUT2D eigenvalue weighted by Crippen LogP contribution is 2.28. The molecule has 1 amide bonds. The molecule has 1 atom stereocenters. The summed E-state index contributed by atoms with van der Waals surface area (Å²) in [7, 11) is 0. The predicted molar refractivity (Wildman–Crippen MR) is 75.9 cm³/mol. The van der Waals surface area contributed by atoms with Crippen molar-refractivity contribution in [1.29, 1.82) is 0 Å². The third-order valence-corrected chi connectivity index (χ3v) is 3.75. The van der Waals surface area contributed by atoms with Gasteiger partial charge in [-0.25, -0.2) is 0 Å². The fraction of sp³-hybridized carbons (Fsp3) is 0.571. The van der Waals surface area contributed by atoms with Crippen LogP contribution in [0.2, 0.25) is 0 Å². The topological polar surface area (TPSA) is 57.3 Å². The molecule has 25 heavy (non-hydrogen) atoms. The molecule has 2 heterocycles. The Morgan fingerprint density at radius 1 is 1.20 bits per heavy atom. The van der Waals surface area contributed by atoms with Crippen LogP contribution in [0.1, 0.15) is 16.1 Å². The minimum Gasteiger partial charge on any atom is -0.349 e. The van der Waals surface area contributed by atoms with Gasteiger partial charge in [-0.2, -0.15) is 26.3 Å². The van der Waals surface area contributed by atoms with Gasteiger partial charge in [0.2, 0.25) is 0 Å². The molecule has 0 aliphatic carbocycles. The van der Waals surface area contributed by atoms with Gasteiger partial charge in [0.05, 0.1) is 5.56 Å². The van der Waals surface area contributed by atoms with Crippen molar-refractivity contribution >= 4 is 5.91 Å².